The number of aryl methyl sites for hydroxylation is 1. The van der Waals surface area contributed by atoms with Gasteiger partial charge >= 0.3 is 0 Å². The second kappa shape index (κ2) is 8.63. The summed E-state index contributed by atoms with van der Waals surface area (Å²) in [5, 5.41) is 10.5. The Morgan fingerprint density at radius 2 is 1.80 bits per heavy atom. The first-order valence-corrected chi connectivity index (χ1v) is 10.3. The lowest BCUT2D eigenvalue weighted by Gasteiger charge is -2.31. The van der Waals surface area contributed by atoms with E-state index >= 15 is 0 Å². The predicted molar refractivity (Wildman–Crippen MR) is 113 cm³/mol. The molecule has 2 aromatic rings. The van der Waals surface area contributed by atoms with Crippen LogP contribution in [-0.4, -0.2) is 49.3 Å². The molecule has 2 aromatic carbocycles. The van der Waals surface area contributed by atoms with Crippen molar-refractivity contribution in [2.45, 2.75) is 31.5 Å². The molecule has 2 fully saturated rings. The molecule has 30 heavy (non-hydrogen) atoms. The summed E-state index contributed by atoms with van der Waals surface area (Å²) in [4.78, 5) is 15.3. The predicted octanol–water partition coefficient (Wildman–Crippen LogP) is 2.46. The number of carbonyl (C=O) groups is 1. The molecule has 2 saturated heterocycles. The molecule has 2 aliphatic heterocycles. The first kappa shape index (κ1) is 20.7. The molecule has 0 radical (unpaired) electrons. The van der Waals surface area contributed by atoms with Gasteiger partial charge in [0.2, 0.25) is 5.91 Å². The lowest BCUT2D eigenvalue weighted by molar-refractivity contribution is -0.131. The number of nitrogens with zero attached hydrogens (tertiary/aromatic N) is 1. The number of hydrogen-bond donors (Lipinski definition) is 3. The molecule has 7 nitrogen and oxygen atoms in total. The zero-order valence-electron chi connectivity index (χ0n) is 17.6. The maximum absolute atomic E-state index is 13.3. The van der Waals surface area contributed by atoms with E-state index in [1.54, 1.807) is 20.3 Å². The van der Waals surface area contributed by atoms with Crippen molar-refractivity contribution in [3.63, 3.8) is 0 Å². The third-order valence-electron chi connectivity index (χ3n) is 6.14. The minimum Gasteiger partial charge on any atom is -0.508 e. The Morgan fingerprint density at radius 1 is 1.07 bits per heavy atom. The first-order chi connectivity index (χ1) is 14.5. The third-order valence-corrected chi connectivity index (χ3v) is 6.14. The average molecular weight is 412 g/mol. The monoisotopic (exact) mass is 411 g/mol. The molecule has 0 spiro atoms. The van der Waals surface area contributed by atoms with Crippen molar-refractivity contribution in [1.29, 1.82) is 0 Å². The van der Waals surface area contributed by atoms with E-state index in [1.807, 2.05) is 48.2 Å². The summed E-state index contributed by atoms with van der Waals surface area (Å²) in [5.41, 5.74) is 9.40. The molecule has 0 saturated carbocycles. The van der Waals surface area contributed by atoms with Crippen LogP contribution in [0.1, 0.15) is 35.2 Å². The smallest absolute Gasteiger partial charge is 0.242 e. The van der Waals surface area contributed by atoms with Gasteiger partial charge in [0.25, 0.3) is 0 Å². The number of aromatic hydroxyl groups is 1. The van der Waals surface area contributed by atoms with Crippen LogP contribution in [0.3, 0.4) is 0 Å². The van der Waals surface area contributed by atoms with Gasteiger partial charge in [-0.3, -0.25) is 4.79 Å². The van der Waals surface area contributed by atoms with Crippen LogP contribution >= 0.6 is 0 Å². The number of amides is 1. The third kappa shape index (κ3) is 3.64. The summed E-state index contributed by atoms with van der Waals surface area (Å²) in [6.07, 6.45) is 0.766. The maximum atomic E-state index is 13.3. The number of methoxy groups -OCH3 is 2. The topological polar surface area (TPSA) is 83.1 Å². The molecular formula is C23H29N3O4. The van der Waals surface area contributed by atoms with Crippen LogP contribution in [0.4, 0.5) is 0 Å². The minimum absolute atomic E-state index is 0.0684. The van der Waals surface area contributed by atoms with Gasteiger partial charge in [-0.1, -0.05) is 29.8 Å². The standard InChI is InChI=1S/C23H29N3O4/c1-14-5-10-18(27)17(13-14)20-19-21(25-24-20)23(28)26(11-4-12-29-2)22(19)15-6-8-16(30-3)9-7-15/h5-10,13,19-22,24-25,27H,4,11-12H2,1-3H3. The zero-order chi connectivity index (χ0) is 21.3. The summed E-state index contributed by atoms with van der Waals surface area (Å²) in [5.74, 6) is 1.01. The van der Waals surface area contributed by atoms with Gasteiger partial charge in [-0.05, 0) is 37.1 Å². The summed E-state index contributed by atoms with van der Waals surface area (Å²) in [6.45, 7) is 3.22. The Hall–Kier alpha value is -2.61. The molecule has 7 heteroatoms. The van der Waals surface area contributed by atoms with E-state index < -0.39 is 0 Å². The quantitative estimate of drug-likeness (QED) is 0.607. The zero-order valence-corrected chi connectivity index (χ0v) is 17.6. The van der Waals surface area contributed by atoms with Crippen molar-refractivity contribution in [3.05, 3.63) is 59.2 Å². The van der Waals surface area contributed by atoms with Crippen LogP contribution in [0.5, 0.6) is 11.5 Å². The SMILES string of the molecule is COCCCN1C(=O)C2NNC(c3cc(C)ccc3O)C2C1c1ccc(OC)cc1. The Labute approximate surface area is 177 Å². The molecule has 2 heterocycles. The number of ether oxygens (including phenoxy) is 2. The Morgan fingerprint density at radius 3 is 2.50 bits per heavy atom. The first-order valence-electron chi connectivity index (χ1n) is 10.3. The number of phenols is 1. The summed E-state index contributed by atoms with van der Waals surface area (Å²) < 4.78 is 10.5. The minimum atomic E-state index is -0.357. The number of likely N-dealkylation sites (tertiary alicyclic amines) is 1. The lowest BCUT2D eigenvalue weighted by atomic mass is 9.83. The van der Waals surface area contributed by atoms with Crippen LogP contribution in [0.2, 0.25) is 0 Å². The molecule has 1 amide bonds. The van der Waals surface area contributed by atoms with Crippen molar-refractivity contribution in [3.8, 4) is 11.5 Å². The molecule has 0 aliphatic carbocycles. The average Bonchev–Trinajstić information content (AvgIpc) is 3.29. The van der Waals surface area contributed by atoms with Crippen LogP contribution in [-0.2, 0) is 9.53 Å². The summed E-state index contributed by atoms with van der Waals surface area (Å²) in [6, 6.07) is 12.8. The van der Waals surface area contributed by atoms with Crippen molar-refractivity contribution >= 4 is 5.91 Å². The lowest BCUT2D eigenvalue weighted by Crippen LogP contribution is -2.41. The van der Waals surface area contributed by atoms with Crippen LogP contribution in [0, 0.1) is 12.8 Å². The van der Waals surface area contributed by atoms with Gasteiger partial charge in [-0.2, -0.15) is 0 Å². The summed E-state index contributed by atoms with van der Waals surface area (Å²) >= 11 is 0. The highest BCUT2D eigenvalue weighted by Gasteiger charge is 2.55. The van der Waals surface area contributed by atoms with Gasteiger partial charge in [-0.15, -0.1) is 0 Å². The normalized spacial score (nSPS) is 25.6. The fraction of sp³-hybridized carbons (Fsp3) is 0.435. The van der Waals surface area contributed by atoms with Gasteiger partial charge in [-0.25, -0.2) is 10.9 Å². The summed E-state index contributed by atoms with van der Waals surface area (Å²) in [7, 11) is 3.31. The molecule has 4 atom stereocenters. The fourth-order valence-corrected chi connectivity index (χ4v) is 4.72. The number of rotatable bonds is 7. The molecule has 4 rings (SSSR count). The van der Waals surface area contributed by atoms with E-state index in [1.165, 1.54) is 0 Å². The number of phenolic OH excluding ortho intramolecular Hbond substituents is 1. The molecule has 2 aliphatic rings. The Bertz CT molecular complexity index is 902. The van der Waals surface area contributed by atoms with Crippen molar-refractivity contribution in [2.24, 2.45) is 5.92 Å². The fourth-order valence-electron chi connectivity index (χ4n) is 4.72. The van der Waals surface area contributed by atoms with E-state index in [9.17, 15) is 9.90 Å². The number of benzene rings is 2. The van der Waals surface area contributed by atoms with Gasteiger partial charge in [0.05, 0.1) is 19.2 Å². The highest BCUT2D eigenvalue weighted by molar-refractivity contribution is 5.86. The molecule has 4 unspecified atom stereocenters. The van der Waals surface area contributed by atoms with Crippen molar-refractivity contribution < 1.29 is 19.4 Å². The number of carbonyl (C=O) groups excluding carboxylic acids is 1. The largest absolute Gasteiger partial charge is 0.508 e. The van der Waals surface area contributed by atoms with E-state index in [0.29, 0.717) is 13.2 Å². The Kier molecular flexibility index (Phi) is 5.94. The van der Waals surface area contributed by atoms with Crippen LogP contribution in [0.15, 0.2) is 42.5 Å². The van der Waals surface area contributed by atoms with Gasteiger partial charge < -0.3 is 19.5 Å². The number of hydrazine groups is 1. The number of nitrogens with one attached hydrogen (secondary N) is 2. The maximum Gasteiger partial charge on any atom is 0.242 e. The van der Waals surface area contributed by atoms with E-state index in [-0.39, 0.29) is 35.7 Å². The van der Waals surface area contributed by atoms with Gasteiger partial charge in [0.1, 0.15) is 17.5 Å². The number of fused-ring (bicyclic) bond motifs is 1. The van der Waals surface area contributed by atoms with Crippen LogP contribution < -0.4 is 15.6 Å². The van der Waals surface area contributed by atoms with Gasteiger partial charge in [0.15, 0.2) is 0 Å². The Balaban J connectivity index is 1.73. The van der Waals surface area contributed by atoms with E-state index in [0.717, 1.165) is 28.9 Å². The van der Waals surface area contributed by atoms with E-state index in [2.05, 4.69) is 10.9 Å². The second-order valence-corrected chi connectivity index (χ2v) is 7.98. The van der Waals surface area contributed by atoms with Crippen molar-refractivity contribution in [2.75, 3.05) is 27.4 Å². The second-order valence-electron chi connectivity index (χ2n) is 7.98. The van der Waals surface area contributed by atoms with Crippen molar-refractivity contribution in [1.82, 2.24) is 15.8 Å². The molecule has 160 valence electrons. The molecular weight excluding hydrogens is 382 g/mol. The number of hydrogen-bond acceptors (Lipinski definition) is 6. The molecule has 0 aromatic heterocycles. The molecule has 0 bridgehead atoms. The molecule has 3 N–H and O–H groups in total. The van der Waals surface area contributed by atoms with Gasteiger partial charge in [0, 0.05) is 31.7 Å². The highest BCUT2D eigenvalue weighted by Crippen LogP contribution is 2.48. The van der Waals surface area contributed by atoms with E-state index in [4.69, 9.17) is 9.47 Å². The van der Waals surface area contributed by atoms with Crippen LogP contribution in [0.25, 0.3) is 0 Å². The highest BCUT2D eigenvalue weighted by atomic mass is 16.5.